The summed E-state index contributed by atoms with van der Waals surface area (Å²) in [6.07, 6.45) is 2.04. The number of fused-ring (bicyclic) bond motifs is 2. The summed E-state index contributed by atoms with van der Waals surface area (Å²) in [5.41, 5.74) is 2.23. The van der Waals surface area contributed by atoms with Gasteiger partial charge in [0.05, 0.1) is 5.39 Å². The summed E-state index contributed by atoms with van der Waals surface area (Å²) in [5.74, 6) is 0.340. The van der Waals surface area contributed by atoms with Crippen molar-refractivity contribution in [3.63, 3.8) is 0 Å². The predicted octanol–water partition coefficient (Wildman–Crippen LogP) is -2.16. The fourth-order valence-electron chi connectivity index (χ4n) is 2.18. The van der Waals surface area contributed by atoms with E-state index in [4.69, 9.17) is 18.6 Å². The molecule has 0 saturated carbocycles. The number of aromatic hydroxyl groups is 1. The van der Waals surface area contributed by atoms with Gasteiger partial charge in [-0.25, -0.2) is 18.6 Å². The standard InChI is InChI=1S/C14H11NO.ClHO4/c1-10-12-6-4-7-14(16)13(12)9-11-5-2-3-8-15(10)11;2-1(3,4)5/h2-9H,1H3;(H,2,3,4,5). The molecule has 2 heterocycles. The maximum atomic E-state index is 9.85. The van der Waals surface area contributed by atoms with Gasteiger partial charge in [-0.15, -0.1) is 10.2 Å². The Morgan fingerprint density at radius 3 is 2.29 bits per heavy atom. The van der Waals surface area contributed by atoms with Crippen LogP contribution in [0.15, 0.2) is 48.7 Å². The van der Waals surface area contributed by atoms with E-state index in [1.807, 2.05) is 42.6 Å². The SMILES string of the molecule is Cc1c2cccc(O)c2cc2cccc[n+]12.[O-][Cl+3]([O-])([O-])[O-]. The zero-order chi connectivity index (χ0) is 15.6. The van der Waals surface area contributed by atoms with E-state index in [0.29, 0.717) is 5.75 Å². The van der Waals surface area contributed by atoms with E-state index in [9.17, 15) is 5.11 Å². The van der Waals surface area contributed by atoms with Crippen molar-refractivity contribution in [2.75, 3.05) is 0 Å². The Balaban J connectivity index is 0.000000282. The molecule has 0 bridgehead atoms. The van der Waals surface area contributed by atoms with Gasteiger partial charge >= 0.3 is 0 Å². The molecule has 3 rings (SSSR count). The molecule has 1 N–H and O–H groups in total. The topological polar surface area (TPSA) is 117 Å². The van der Waals surface area contributed by atoms with Crippen LogP contribution in [0.5, 0.6) is 5.75 Å². The van der Waals surface area contributed by atoms with Gasteiger partial charge in [-0.2, -0.15) is 4.40 Å². The highest BCUT2D eigenvalue weighted by atomic mass is 35.7. The van der Waals surface area contributed by atoms with Gasteiger partial charge < -0.3 is 5.11 Å². The summed E-state index contributed by atoms with van der Waals surface area (Å²) < 4.78 is 36.1. The third kappa shape index (κ3) is 3.78. The molecule has 7 heteroatoms. The molecule has 0 aliphatic rings. The Morgan fingerprint density at radius 1 is 0.952 bits per heavy atom. The summed E-state index contributed by atoms with van der Waals surface area (Å²) in [5, 5.41) is 11.8. The van der Waals surface area contributed by atoms with Crippen molar-refractivity contribution >= 4 is 16.3 Å². The molecule has 21 heavy (non-hydrogen) atoms. The molecule has 0 radical (unpaired) electrons. The van der Waals surface area contributed by atoms with Gasteiger partial charge in [-0.05, 0) is 18.2 Å². The van der Waals surface area contributed by atoms with Crippen LogP contribution in [0.2, 0.25) is 0 Å². The third-order valence-electron chi connectivity index (χ3n) is 3.02. The quantitative estimate of drug-likeness (QED) is 0.375. The molecule has 0 amide bonds. The second-order valence-corrected chi connectivity index (χ2v) is 5.10. The molecule has 6 nitrogen and oxygen atoms in total. The average molecular weight is 310 g/mol. The van der Waals surface area contributed by atoms with Gasteiger partial charge in [0, 0.05) is 30.5 Å². The smallest absolute Gasteiger partial charge is 0.211 e. The molecular formula is C14H12ClNO5. The number of phenols is 1. The van der Waals surface area contributed by atoms with E-state index in [1.165, 1.54) is 0 Å². The van der Waals surface area contributed by atoms with E-state index in [1.54, 1.807) is 6.07 Å². The van der Waals surface area contributed by atoms with Crippen molar-refractivity contribution in [2.45, 2.75) is 6.92 Å². The van der Waals surface area contributed by atoms with E-state index >= 15 is 0 Å². The van der Waals surface area contributed by atoms with E-state index in [0.717, 1.165) is 22.0 Å². The summed E-state index contributed by atoms with van der Waals surface area (Å²) in [4.78, 5) is 0. The highest BCUT2D eigenvalue weighted by Gasteiger charge is 2.12. The van der Waals surface area contributed by atoms with E-state index in [-0.39, 0.29) is 0 Å². The number of pyridine rings is 2. The fraction of sp³-hybridized carbons (Fsp3) is 0.0714. The van der Waals surface area contributed by atoms with Crippen molar-refractivity contribution in [1.29, 1.82) is 0 Å². The molecule has 1 aromatic carbocycles. The van der Waals surface area contributed by atoms with Crippen LogP contribution in [0.25, 0.3) is 16.3 Å². The Labute approximate surface area is 122 Å². The van der Waals surface area contributed by atoms with Gasteiger partial charge in [-0.1, -0.05) is 6.07 Å². The Kier molecular flexibility index (Phi) is 4.26. The predicted molar refractivity (Wildman–Crippen MR) is 63.5 cm³/mol. The lowest BCUT2D eigenvalue weighted by atomic mass is 10.1. The molecule has 0 aliphatic carbocycles. The van der Waals surface area contributed by atoms with Gasteiger partial charge in [0.25, 0.3) is 0 Å². The highest BCUT2D eigenvalue weighted by Crippen LogP contribution is 2.25. The Hall–Kier alpha value is -1.96. The minimum atomic E-state index is -4.94. The summed E-state index contributed by atoms with van der Waals surface area (Å²) in [7, 11) is -4.94. The van der Waals surface area contributed by atoms with E-state index in [2.05, 4.69) is 11.3 Å². The van der Waals surface area contributed by atoms with Gasteiger partial charge in [0.2, 0.25) is 5.52 Å². The number of hydrogen-bond donors (Lipinski definition) is 1. The minimum Gasteiger partial charge on any atom is -0.507 e. The van der Waals surface area contributed by atoms with Crippen molar-refractivity contribution in [1.82, 2.24) is 0 Å². The number of aromatic nitrogens is 1. The molecule has 0 spiro atoms. The van der Waals surface area contributed by atoms with Crippen molar-refractivity contribution < 1.29 is 38.4 Å². The zero-order valence-corrected chi connectivity index (χ0v) is 11.8. The zero-order valence-electron chi connectivity index (χ0n) is 11.0. The fourth-order valence-corrected chi connectivity index (χ4v) is 2.18. The Bertz CT molecular complexity index is 779. The van der Waals surface area contributed by atoms with Crippen LogP contribution >= 0.6 is 0 Å². The third-order valence-corrected chi connectivity index (χ3v) is 3.02. The first-order valence-corrected chi connectivity index (χ1v) is 7.14. The van der Waals surface area contributed by atoms with Crippen LogP contribution in [-0.2, 0) is 0 Å². The minimum absolute atomic E-state index is 0.340. The maximum Gasteiger partial charge on any atom is 0.211 e. The molecule has 110 valence electrons. The molecule has 0 fully saturated rings. The van der Waals surface area contributed by atoms with Crippen molar-refractivity contribution in [3.05, 3.63) is 54.4 Å². The number of aryl methyl sites for hydroxylation is 1. The van der Waals surface area contributed by atoms with Crippen LogP contribution < -0.4 is 23.0 Å². The molecule has 0 saturated heterocycles. The van der Waals surface area contributed by atoms with Crippen LogP contribution in [0.1, 0.15) is 5.69 Å². The number of halogens is 1. The molecule has 2 aromatic heterocycles. The molecule has 0 atom stereocenters. The molecule has 0 unspecified atom stereocenters. The number of hydrogen-bond acceptors (Lipinski definition) is 5. The Morgan fingerprint density at radius 2 is 1.62 bits per heavy atom. The maximum absolute atomic E-state index is 9.85. The summed E-state index contributed by atoms with van der Waals surface area (Å²) in [6, 6.07) is 13.7. The monoisotopic (exact) mass is 309 g/mol. The first-order valence-electron chi connectivity index (χ1n) is 5.91. The first-order chi connectivity index (χ1) is 9.77. The number of rotatable bonds is 0. The highest BCUT2D eigenvalue weighted by molar-refractivity contribution is 5.91. The van der Waals surface area contributed by atoms with Gasteiger partial charge in [0.15, 0.2) is 11.9 Å². The molecule has 0 aliphatic heterocycles. The summed E-state index contributed by atoms with van der Waals surface area (Å²) in [6.45, 7) is 2.06. The second kappa shape index (κ2) is 5.80. The molecular weight excluding hydrogens is 298 g/mol. The number of phenolic OH excluding ortho intramolecular Hbond substituents is 1. The number of benzene rings is 1. The lowest BCUT2D eigenvalue weighted by molar-refractivity contribution is -2.00. The van der Waals surface area contributed by atoms with Crippen LogP contribution in [0.3, 0.4) is 0 Å². The second-order valence-electron chi connectivity index (χ2n) is 4.34. The van der Waals surface area contributed by atoms with E-state index < -0.39 is 10.2 Å². The normalized spacial score (nSPS) is 11.3. The number of nitrogens with zero attached hydrogens (tertiary/aromatic N) is 1. The van der Waals surface area contributed by atoms with Gasteiger partial charge in [0.1, 0.15) is 5.75 Å². The van der Waals surface area contributed by atoms with Crippen LogP contribution in [0.4, 0.5) is 0 Å². The first kappa shape index (κ1) is 15.4. The largest absolute Gasteiger partial charge is 0.507 e. The van der Waals surface area contributed by atoms with Crippen LogP contribution in [0, 0.1) is 17.2 Å². The van der Waals surface area contributed by atoms with Crippen molar-refractivity contribution in [2.24, 2.45) is 0 Å². The van der Waals surface area contributed by atoms with Crippen molar-refractivity contribution in [3.8, 4) is 5.75 Å². The average Bonchev–Trinajstić information content (AvgIpc) is 2.39. The lowest BCUT2D eigenvalue weighted by Crippen LogP contribution is -2.68. The molecule has 3 aromatic rings. The van der Waals surface area contributed by atoms with Gasteiger partial charge in [-0.3, -0.25) is 0 Å². The summed E-state index contributed by atoms with van der Waals surface area (Å²) >= 11 is 0. The van der Waals surface area contributed by atoms with Crippen LogP contribution in [-0.4, -0.2) is 5.11 Å². The lowest BCUT2D eigenvalue weighted by Gasteiger charge is -2.17.